The van der Waals surface area contributed by atoms with Crippen LogP contribution in [0.1, 0.15) is 23.2 Å². The summed E-state index contributed by atoms with van der Waals surface area (Å²) >= 11 is 3.37. The van der Waals surface area contributed by atoms with Crippen molar-refractivity contribution >= 4 is 21.8 Å². The molecule has 1 amide bonds. The Kier molecular flexibility index (Phi) is 3.07. The minimum Gasteiger partial charge on any atom is -0.334 e. The van der Waals surface area contributed by atoms with Gasteiger partial charge in [-0.1, -0.05) is 15.9 Å². The van der Waals surface area contributed by atoms with Crippen molar-refractivity contribution in [3.05, 3.63) is 46.7 Å². The Balaban J connectivity index is 1.78. The van der Waals surface area contributed by atoms with Gasteiger partial charge in [-0.15, -0.1) is 0 Å². The van der Waals surface area contributed by atoms with Crippen LogP contribution in [-0.2, 0) is 0 Å². The van der Waals surface area contributed by atoms with Gasteiger partial charge in [-0.2, -0.15) is 10.4 Å². The second kappa shape index (κ2) is 4.76. The van der Waals surface area contributed by atoms with Gasteiger partial charge in [0.1, 0.15) is 5.54 Å². The van der Waals surface area contributed by atoms with Gasteiger partial charge >= 0.3 is 0 Å². The van der Waals surface area contributed by atoms with Gasteiger partial charge in [-0.3, -0.25) is 4.79 Å². The standard InChI is InChI=1S/C14H11BrN4O/c15-11-1-3-12(4-2-11)19-8-10(7-17-19)13(20)18-14(9-16)5-6-14/h1-4,7-8H,5-6H2,(H,18,20). The summed E-state index contributed by atoms with van der Waals surface area (Å²) < 4.78 is 2.61. The first-order chi connectivity index (χ1) is 9.62. The largest absolute Gasteiger partial charge is 0.334 e. The average Bonchev–Trinajstić information content (AvgIpc) is 3.04. The minimum atomic E-state index is -0.656. The van der Waals surface area contributed by atoms with Crippen LogP contribution in [0.5, 0.6) is 0 Å². The summed E-state index contributed by atoms with van der Waals surface area (Å²) in [6.45, 7) is 0. The lowest BCUT2D eigenvalue weighted by Gasteiger charge is -2.06. The number of hydrogen-bond donors (Lipinski definition) is 1. The predicted molar refractivity (Wildman–Crippen MR) is 76.3 cm³/mol. The van der Waals surface area contributed by atoms with Crippen molar-refractivity contribution < 1.29 is 4.79 Å². The second-order valence-corrected chi connectivity index (χ2v) is 5.71. The van der Waals surface area contributed by atoms with Crippen molar-refractivity contribution in [1.29, 1.82) is 5.26 Å². The van der Waals surface area contributed by atoms with Crippen molar-refractivity contribution in [2.45, 2.75) is 18.4 Å². The maximum Gasteiger partial charge on any atom is 0.255 e. The fourth-order valence-electron chi connectivity index (χ4n) is 1.85. The fourth-order valence-corrected chi connectivity index (χ4v) is 2.12. The summed E-state index contributed by atoms with van der Waals surface area (Å²) in [6.07, 6.45) is 4.60. The molecule has 0 aliphatic heterocycles. The van der Waals surface area contributed by atoms with E-state index in [4.69, 9.17) is 5.26 Å². The molecule has 0 spiro atoms. The number of nitrogens with one attached hydrogen (secondary N) is 1. The molecule has 1 aromatic heterocycles. The first-order valence-corrected chi connectivity index (χ1v) is 6.96. The molecule has 6 heteroatoms. The molecule has 5 nitrogen and oxygen atoms in total. The van der Waals surface area contributed by atoms with Crippen LogP contribution < -0.4 is 5.32 Å². The first-order valence-electron chi connectivity index (χ1n) is 6.16. The number of rotatable bonds is 3. The monoisotopic (exact) mass is 330 g/mol. The third-order valence-corrected chi connectivity index (χ3v) is 3.78. The molecule has 0 bridgehead atoms. The Hall–Kier alpha value is -2.13. The zero-order valence-corrected chi connectivity index (χ0v) is 12.1. The Morgan fingerprint density at radius 1 is 1.40 bits per heavy atom. The van der Waals surface area contributed by atoms with E-state index in [9.17, 15) is 4.79 Å². The molecule has 20 heavy (non-hydrogen) atoms. The van der Waals surface area contributed by atoms with Crippen LogP contribution in [-0.4, -0.2) is 21.2 Å². The van der Waals surface area contributed by atoms with Crippen molar-refractivity contribution in [3.8, 4) is 11.8 Å². The van der Waals surface area contributed by atoms with E-state index in [0.717, 1.165) is 23.0 Å². The number of halogens is 1. The molecule has 2 aromatic rings. The third-order valence-electron chi connectivity index (χ3n) is 3.25. The number of nitrogens with zero attached hydrogens (tertiary/aromatic N) is 3. The molecule has 1 aromatic carbocycles. The molecule has 0 radical (unpaired) electrons. The van der Waals surface area contributed by atoms with Gasteiger partial charge in [0, 0.05) is 10.7 Å². The van der Waals surface area contributed by atoms with Crippen LogP contribution >= 0.6 is 15.9 Å². The molecule has 1 aliphatic carbocycles. The second-order valence-electron chi connectivity index (χ2n) is 4.80. The van der Waals surface area contributed by atoms with Gasteiger partial charge in [-0.05, 0) is 37.1 Å². The molecule has 100 valence electrons. The van der Waals surface area contributed by atoms with E-state index in [-0.39, 0.29) is 5.91 Å². The van der Waals surface area contributed by atoms with Crippen molar-refractivity contribution in [3.63, 3.8) is 0 Å². The summed E-state index contributed by atoms with van der Waals surface area (Å²) in [6, 6.07) is 9.75. The van der Waals surface area contributed by atoms with E-state index in [1.54, 1.807) is 10.9 Å². The summed E-state index contributed by atoms with van der Waals surface area (Å²) in [5, 5.41) is 15.9. The molecule has 0 unspecified atom stereocenters. The molecule has 1 aliphatic rings. The molecule has 1 fully saturated rings. The number of benzene rings is 1. The summed E-state index contributed by atoms with van der Waals surface area (Å²) in [4.78, 5) is 12.0. The predicted octanol–water partition coefficient (Wildman–Crippen LogP) is 2.42. The average molecular weight is 331 g/mol. The first kappa shape index (κ1) is 12.9. The lowest BCUT2D eigenvalue weighted by Crippen LogP contribution is -2.35. The maximum atomic E-state index is 12.0. The third kappa shape index (κ3) is 2.45. The Labute approximate surface area is 124 Å². The maximum absolute atomic E-state index is 12.0. The highest BCUT2D eigenvalue weighted by atomic mass is 79.9. The minimum absolute atomic E-state index is 0.257. The molecular formula is C14H11BrN4O. The molecule has 1 heterocycles. The van der Waals surface area contributed by atoms with Gasteiger partial charge in [0.25, 0.3) is 5.91 Å². The smallest absolute Gasteiger partial charge is 0.255 e. The van der Waals surface area contributed by atoms with E-state index < -0.39 is 5.54 Å². The number of hydrogen-bond acceptors (Lipinski definition) is 3. The van der Waals surface area contributed by atoms with E-state index >= 15 is 0 Å². The fraction of sp³-hybridized carbons (Fsp3) is 0.214. The molecule has 0 saturated heterocycles. The Morgan fingerprint density at radius 3 is 2.70 bits per heavy atom. The Morgan fingerprint density at radius 2 is 2.10 bits per heavy atom. The van der Waals surface area contributed by atoms with Gasteiger partial charge in [0.15, 0.2) is 0 Å². The highest BCUT2D eigenvalue weighted by Crippen LogP contribution is 2.34. The lowest BCUT2D eigenvalue weighted by molar-refractivity contribution is 0.0941. The highest BCUT2D eigenvalue weighted by Gasteiger charge is 2.44. The van der Waals surface area contributed by atoms with E-state index in [1.807, 2.05) is 24.3 Å². The zero-order chi connectivity index (χ0) is 14.2. The van der Waals surface area contributed by atoms with Gasteiger partial charge in [-0.25, -0.2) is 4.68 Å². The zero-order valence-electron chi connectivity index (χ0n) is 10.5. The molecule has 1 saturated carbocycles. The molecule has 0 atom stereocenters. The van der Waals surface area contributed by atoms with Gasteiger partial charge < -0.3 is 5.32 Å². The number of aromatic nitrogens is 2. The summed E-state index contributed by atoms with van der Waals surface area (Å²) in [7, 11) is 0. The van der Waals surface area contributed by atoms with E-state index in [2.05, 4.69) is 32.4 Å². The van der Waals surface area contributed by atoms with E-state index in [0.29, 0.717) is 5.56 Å². The van der Waals surface area contributed by atoms with Crippen molar-refractivity contribution in [1.82, 2.24) is 15.1 Å². The summed E-state index contributed by atoms with van der Waals surface area (Å²) in [5.74, 6) is -0.257. The van der Waals surface area contributed by atoms with Crippen molar-refractivity contribution in [2.75, 3.05) is 0 Å². The quantitative estimate of drug-likeness (QED) is 0.939. The van der Waals surface area contributed by atoms with Crippen LogP contribution in [0.4, 0.5) is 0 Å². The van der Waals surface area contributed by atoms with E-state index in [1.165, 1.54) is 6.20 Å². The van der Waals surface area contributed by atoms with Gasteiger partial charge in [0.2, 0.25) is 0 Å². The van der Waals surface area contributed by atoms with Crippen LogP contribution in [0.3, 0.4) is 0 Å². The molecular weight excluding hydrogens is 320 g/mol. The number of amides is 1. The number of carbonyl (C=O) groups excluding carboxylic acids is 1. The number of nitriles is 1. The van der Waals surface area contributed by atoms with Crippen LogP contribution in [0.15, 0.2) is 41.1 Å². The van der Waals surface area contributed by atoms with Crippen LogP contribution in [0.2, 0.25) is 0 Å². The number of carbonyl (C=O) groups is 1. The normalized spacial score (nSPS) is 15.4. The summed E-state index contributed by atoms with van der Waals surface area (Å²) in [5.41, 5.74) is 0.666. The highest BCUT2D eigenvalue weighted by molar-refractivity contribution is 9.10. The van der Waals surface area contributed by atoms with Crippen molar-refractivity contribution in [2.24, 2.45) is 0 Å². The molecule has 1 N–H and O–H groups in total. The topological polar surface area (TPSA) is 70.7 Å². The van der Waals surface area contributed by atoms with Crippen LogP contribution in [0.25, 0.3) is 5.69 Å². The SMILES string of the molecule is N#CC1(NC(=O)c2cnn(-c3ccc(Br)cc3)c2)CC1. The van der Waals surface area contributed by atoms with Crippen LogP contribution in [0, 0.1) is 11.3 Å². The molecule has 3 rings (SSSR count). The Bertz CT molecular complexity index is 695. The van der Waals surface area contributed by atoms with Gasteiger partial charge in [0.05, 0.1) is 23.5 Å². The lowest BCUT2D eigenvalue weighted by atomic mass is 10.2.